The molecule has 5 rings (SSSR count). The summed E-state index contributed by atoms with van der Waals surface area (Å²) in [5.41, 5.74) is 1.99. The van der Waals surface area contributed by atoms with Crippen molar-refractivity contribution in [3.05, 3.63) is 71.3 Å². The van der Waals surface area contributed by atoms with Crippen LogP contribution in [0.2, 0.25) is 0 Å². The average molecular weight is 637 g/mol. The van der Waals surface area contributed by atoms with Crippen molar-refractivity contribution in [2.75, 3.05) is 30.0 Å². The molecule has 1 aliphatic heterocycles. The fraction of sp³-hybridized carbons (Fsp3) is 0.455. The van der Waals surface area contributed by atoms with Crippen molar-refractivity contribution >= 4 is 29.3 Å². The second kappa shape index (κ2) is 13.0. The Kier molecular flexibility index (Phi) is 9.24. The van der Waals surface area contributed by atoms with Crippen molar-refractivity contribution < 1.29 is 33.3 Å². The minimum Gasteiger partial charge on any atom is -0.491 e. The summed E-state index contributed by atoms with van der Waals surface area (Å²) >= 11 is 0. The molecule has 3 atom stereocenters. The molecule has 0 saturated carbocycles. The van der Waals surface area contributed by atoms with Crippen molar-refractivity contribution in [3.8, 4) is 5.75 Å². The van der Waals surface area contributed by atoms with Crippen LogP contribution in [0.15, 0.2) is 54.4 Å². The number of aliphatic hydroxyl groups is 1. The molecule has 2 unspecified atom stereocenters. The Labute approximate surface area is 267 Å². The molecule has 0 radical (unpaired) electrons. The third-order valence-corrected chi connectivity index (χ3v) is 7.73. The number of aromatic nitrogens is 3. The van der Waals surface area contributed by atoms with Crippen molar-refractivity contribution in [2.24, 2.45) is 0 Å². The Bertz CT molecular complexity index is 1680. The van der Waals surface area contributed by atoms with Gasteiger partial charge in [-0.2, -0.15) is 5.10 Å². The summed E-state index contributed by atoms with van der Waals surface area (Å²) in [7, 11) is 0. The SMILES string of the molecule is CC1=CC=CC(C)(OC(=O)Nc2cnn3cc4c(nc23)N([C@H](C)c2cc(F)ccc2OCC(CO)NC(=O)OC(C)(C)C)CC4)C1. The number of halogens is 1. The average Bonchev–Trinajstić information content (AvgIpc) is 3.56. The van der Waals surface area contributed by atoms with Gasteiger partial charge in [-0.1, -0.05) is 17.7 Å². The smallest absolute Gasteiger partial charge is 0.412 e. The van der Waals surface area contributed by atoms with Gasteiger partial charge in [0, 0.05) is 30.3 Å². The maximum atomic E-state index is 14.6. The first kappa shape index (κ1) is 32.7. The van der Waals surface area contributed by atoms with Crippen LogP contribution in [-0.4, -0.2) is 68.9 Å². The van der Waals surface area contributed by atoms with Crippen molar-refractivity contribution in [3.63, 3.8) is 0 Å². The van der Waals surface area contributed by atoms with E-state index >= 15 is 0 Å². The highest BCUT2D eigenvalue weighted by atomic mass is 19.1. The first-order chi connectivity index (χ1) is 21.7. The largest absolute Gasteiger partial charge is 0.491 e. The second-order valence-corrected chi connectivity index (χ2v) is 12.9. The van der Waals surface area contributed by atoms with Gasteiger partial charge in [-0.3, -0.25) is 5.32 Å². The van der Waals surface area contributed by atoms with Crippen LogP contribution in [0.1, 0.15) is 65.1 Å². The predicted octanol–water partition coefficient (Wildman–Crippen LogP) is 5.47. The first-order valence-electron chi connectivity index (χ1n) is 15.2. The molecule has 0 spiro atoms. The van der Waals surface area contributed by atoms with Gasteiger partial charge in [0.25, 0.3) is 0 Å². The van der Waals surface area contributed by atoms with E-state index in [9.17, 15) is 19.1 Å². The Morgan fingerprint density at radius 2 is 2.02 bits per heavy atom. The number of benzene rings is 1. The number of ether oxygens (including phenoxy) is 3. The van der Waals surface area contributed by atoms with E-state index in [0.29, 0.717) is 47.9 Å². The lowest BCUT2D eigenvalue weighted by molar-refractivity contribution is 0.0457. The number of carbonyl (C=O) groups is 2. The van der Waals surface area contributed by atoms with Crippen LogP contribution in [0.5, 0.6) is 5.75 Å². The van der Waals surface area contributed by atoms with Crippen LogP contribution >= 0.6 is 0 Å². The van der Waals surface area contributed by atoms with Gasteiger partial charge >= 0.3 is 12.2 Å². The molecule has 1 aliphatic carbocycles. The maximum Gasteiger partial charge on any atom is 0.412 e. The summed E-state index contributed by atoms with van der Waals surface area (Å²) < 4.78 is 33.2. The number of aliphatic hydroxyl groups excluding tert-OH is 1. The maximum absolute atomic E-state index is 14.6. The van der Waals surface area contributed by atoms with Gasteiger partial charge in [-0.15, -0.1) is 0 Å². The molecule has 3 heterocycles. The molecule has 246 valence electrons. The van der Waals surface area contributed by atoms with Crippen LogP contribution in [-0.2, 0) is 15.9 Å². The number of anilines is 2. The van der Waals surface area contributed by atoms with Crippen LogP contribution in [0.25, 0.3) is 5.65 Å². The number of amides is 2. The Hall–Kier alpha value is -4.65. The molecule has 1 aromatic carbocycles. The van der Waals surface area contributed by atoms with E-state index in [1.807, 2.05) is 50.1 Å². The summed E-state index contributed by atoms with van der Waals surface area (Å²) in [6.45, 7) is 11.1. The van der Waals surface area contributed by atoms with Gasteiger partial charge in [-0.25, -0.2) is 23.5 Å². The topological polar surface area (TPSA) is 140 Å². The number of nitrogens with one attached hydrogen (secondary N) is 2. The number of hydrogen-bond donors (Lipinski definition) is 3. The molecule has 2 aliphatic rings. The van der Waals surface area contributed by atoms with Crippen molar-refractivity contribution in [1.82, 2.24) is 19.9 Å². The zero-order valence-electron chi connectivity index (χ0n) is 27.0. The number of hydrogen-bond acceptors (Lipinski definition) is 9. The molecule has 3 N–H and O–H groups in total. The first-order valence-corrected chi connectivity index (χ1v) is 15.2. The lowest BCUT2D eigenvalue weighted by Gasteiger charge is -2.29. The highest BCUT2D eigenvalue weighted by Crippen LogP contribution is 2.38. The van der Waals surface area contributed by atoms with Gasteiger partial charge in [-0.05, 0) is 72.2 Å². The van der Waals surface area contributed by atoms with E-state index in [2.05, 4.69) is 15.7 Å². The summed E-state index contributed by atoms with van der Waals surface area (Å²) in [5.74, 6) is 0.642. The summed E-state index contributed by atoms with van der Waals surface area (Å²) in [4.78, 5) is 32.0. The number of alkyl carbamates (subject to hydrolysis) is 1. The van der Waals surface area contributed by atoms with Crippen LogP contribution in [0.3, 0.4) is 0 Å². The van der Waals surface area contributed by atoms with Crippen LogP contribution in [0, 0.1) is 5.82 Å². The van der Waals surface area contributed by atoms with Gasteiger partial charge in [0.1, 0.15) is 40.9 Å². The molecule has 0 saturated heterocycles. The number of allylic oxidation sites excluding steroid dienone is 2. The van der Waals surface area contributed by atoms with E-state index in [1.54, 1.807) is 25.3 Å². The molecule has 13 heteroatoms. The summed E-state index contributed by atoms with van der Waals surface area (Å²) in [6.07, 6.45) is 9.10. The highest BCUT2D eigenvalue weighted by molar-refractivity contribution is 5.90. The quantitative estimate of drug-likeness (QED) is 0.279. The Morgan fingerprint density at radius 1 is 1.24 bits per heavy atom. The lowest BCUT2D eigenvalue weighted by atomic mass is 9.92. The number of carbonyl (C=O) groups excluding carboxylic acids is 2. The van der Waals surface area contributed by atoms with Crippen molar-refractivity contribution in [2.45, 2.75) is 77.7 Å². The molecule has 12 nitrogen and oxygen atoms in total. The second-order valence-electron chi connectivity index (χ2n) is 12.9. The standard InChI is InChI=1S/C33H41FN6O6/c1-20-8-7-12-33(6,15-20)46-31(43)37-26-16-35-40-17-22-11-13-39(28(22)38-29(26)40)21(2)25-14-23(34)9-10-27(25)44-19-24(18-41)36-30(42)45-32(3,4)5/h7-10,12,14,16-17,21,24,41H,11,13,15,18-19H2,1-6H3,(H,36,42)(H,37,43)/t21-,24?,33?/m1/s1. The molecule has 2 amide bonds. The van der Waals surface area contributed by atoms with Gasteiger partial charge in [0.05, 0.1) is 24.9 Å². The minimum atomic E-state index is -0.763. The van der Waals surface area contributed by atoms with E-state index in [-0.39, 0.29) is 19.3 Å². The third-order valence-electron chi connectivity index (χ3n) is 7.73. The summed E-state index contributed by atoms with van der Waals surface area (Å²) in [6, 6.07) is 3.12. The fourth-order valence-electron chi connectivity index (χ4n) is 5.63. The zero-order valence-corrected chi connectivity index (χ0v) is 27.0. The zero-order chi connectivity index (χ0) is 33.2. The van der Waals surface area contributed by atoms with Crippen molar-refractivity contribution in [1.29, 1.82) is 0 Å². The van der Waals surface area contributed by atoms with Crippen LogP contribution in [0.4, 0.5) is 25.5 Å². The lowest BCUT2D eigenvalue weighted by Crippen LogP contribution is -2.44. The molecular weight excluding hydrogens is 595 g/mol. The normalized spacial score (nSPS) is 18.9. The van der Waals surface area contributed by atoms with E-state index in [1.165, 1.54) is 24.4 Å². The Balaban J connectivity index is 1.33. The summed E-state index contributed by atoms with van der Waals surface area (Å²) in [5, 5.41) is 19.6. The number of nitrogens with zero attached hydrogens (tertiary/aromatic N) is 4. The highest BCUT2D eigenvalue weighted by Gasteiger charge is 2.31. The molecule has 0 bridgehead atoms. The molecule has 0 fully saturated rings. The van der Waals surface area contributed by atoms with E-state index < -0.39 is 35.2 Å². The van der Waals surface area contributed by atoms with Gasteiger partial charge in [0.15, 0.2) is 5.65 Å². The Morgan fingerprint density at radius 3 is 2.74 bits per heavy atom. The minimum absolute atomic E-state index is 0.0673. The molecule has 2 aromatic heterocycles. The van der Waals surface area contributed by atoms with Crippen LogP contribution < -0.4 is 20.3 Å². The molecule has 46 heavy (non-hydrogen) atoms. The number of fused-ring (bicyclic) bond motifs is 2. The fourth-order valence-corrected chi connectivity index (χ4v) is 5.63. The third kappa shape index (κ3) is 7.58. The number of rotatable bonds is 9. The van der Waals surface area contributed by atoms with E-state index in [4.69, 9.17) is 19.2 Å². The molecule has 3 aromatic rings. The van der Waals surface area contributed by atoms with E-state index in [0.717, 1.165) is 11.1 Å². The van der Waals surface area contributed by atoms with Gasteiger partial charge in [0.2, 0.25) is 0 Å². The monoisotopic (exact) mass is 636 g/mol. The predicted molar refractivity (Wildman–Crippen MR) is 171 cm³/mol. The van der Waals surface area contributed by atoms with Gasteiger partial charge < -0.3 is 29.5 Å². The molecular formula is C33H41FN6O6.